The predicted octanol–water partition coefficient (Wildman–Crippen LogP) is 5.19. The number of piperidine rings is 1. The van der Waals surface area contributed by atoms with Crippen molar-refractivity contribution in [3.63, 3.8) is 0 Å². The summed E-state index contributed by atoms with van der Waals surface area (Å²) in [5, 5.41) is 5.01. The lowest BCUT2D eigenvalue weighted by molar-refractivity contribution is -0.125. The second-order valence-corrected chi connectivity index (χ2v) is 8.41. The Labute approximate surface area is 180 Å². The van der Waals surface area contributed by atoms with Crippen molar-refractivity contribution in [2.24, 2.45) is 5.92 Å². The third-order valence-electron chi connectivity index (χ3n) is 5.42. The molecule has 0 aliphatic carbocycles. The number of hydrogen-bond acceptors (Lipinski definition) is 4. The maximum Gasteiger partial charge on any atom is 0.229 e. The van der Waals surface area contributed by atoms with Crippen LogP contribution in [-0.4, -0.2) is 18.9 Å². The van der Waals surface area contributed by atoms with Gasteiger partial charge in [0.2, 0.25) is 11.8 Å². The highest BCUT2D eigenvalue weighted by atomic mass is 32.1. The first-order chi connectivity index (χ1) is 14.6. The zero-order valence-electron chi connectivity index (χ0n) is 17.0. The molecule has 6 heteroatoms. The van der Waals surface area contributed by atoms with Crippen LogP contribution in [0.5, 0.6) is 5.75 Å². The number of anilines is 2. The van der Waals surface area contributed by atoms with E-state index in [9.17, 15) is 9.59 Å². The minimum absolute atomic E-state index is 0.0442. The number of ether oxygens (including phenoxy) is 1. The van der Waals surface area contributed by atoms with Crippen LogP contribution in [0, 0.1) is 12.8 Å². The summed E-state index contributed by atoms with van der Waals surface area (Å²) in [6.07, 6.45) is 0.853. The van der Waals surface area contributed by atoms with Crippen LogP contribution in [-0.2, 0) is 9.59 Å². The Kier molecular flexibility index (Phi) is 5.86. The van der Waals surface area contributed by atoms with Crippen LogP contribution >= 0.6 is 11.3 Å². The molecule has 0 bridgehead atoms. The molecule has 0 saturated carbocycles. The molecule has 1 aromatic heterocycles. The second kappa shape index (κ2) is 8.71. The van der Waals surface area contributed by atoms with Gasteiger partial charge in [-0.15, -0.1) is 11.3 Å². The van der Waals surface area contributed by atoms with Gasteiger partial charge in [-0.2, -0.15) is 0 Å². The largest absolute Gasteiger partial charge is 0.497 e. The van der Waals surface area contributed by atoms with E-state index in [-0.39, 0.29) is 23.8 Å². The molecule has 0 spiro atoms. The van der Waals surface area contributed by atoms with Crippen LogP contribution < -0.4 is 15.0 Å². The SMILES string of the molecule is COc1cccc(NC(=O)C2CCC(=O)N(c3ccc(C)cc3)C2c2cccs2)c1. The number of hydrogen-bond donors (Lipinski definition) is 1. The first-order valence-electron chi connectivity index (χ1n) is 9.94. The number of aryl methyl sites for hydroxylation is 1. The van der Waals surface area contributed by atoms with E-state index < -0.39 is 0 Å². The molecular weight excluding hydrogens is 396 g/mol. The number of amides is 2. The Hall–Kier alpha value is -3.12. The fourth-order valence-electron chi connectivity index (χ4n) is 3.90. The quantitative estimate of drug-likeness (QED) is 0.618. The molecule has 5 nitrogen and oxygen atoms in total. The van der Waals surface area contributed by atoms with E-state index >= 15 is 0 Å². The second-order valence-electron chi connectivity index (χ2n) is 7.43. The van der Waals surface area contributed by atoms with E-state index in [1.807, 2.05) is 66.9 Å². The number of nitrogens with one attached hydrogen (secondary N) is 1. The Balaban J connectivity index is 1.68. The number of carbonyl (C=O) groups is 2. The van der Waals surface area contributed by atoms with E-state index in [4.69, 9.17) is 4.74 Å². The molecule has 1 N–H and O–H groups in total. The fraction of sp³-hybridized carbons (Fsp3) is 0.250. The molecule has 1 aliphatic heterocycles. The summed E-state index contributed by atoms with van der Waals surface area (Å²) in [6, 6.07) is 18.8. The smallest absolute Gasteiger partial charge is 0.229 e. The minimum Gasteiger partial charge on any atom is -0.497 e. The van der Waals surface area contributed by atoms with Crippen LogP contribution in [0.15, 0.2) is 66.0 Å². The maximum atomic E-state index is 13.3. The molecule has 4 rings (SSSR count). The van der Waals surface area contributed by atoms with Gasteiger partial charge in [0.05, 0.1) is 19.1 Å². The van der Waals surface area contributed by atoms with Crippen LogP contribution in [0.1, 0.15) is 29.3 Å². The standard InChI is InChI=1S/C24H24N2O3S/c1-16-8-10-18(11-9-16)26-22(27)13-12-20(23(26)21-7-4-14-30-21)24(28)25-17-5-3-6-19(15-17)29-2/h3-11,14-15,20,23H,12-13H2,1-2H3,(H,25,28). The van der Waals surface area contributed by atoms with Gasteiger partial charge in [-0.1, -0.05) is 29.8 Å². The molecule has 2 unspecified atom stereocenters. The van der Waals surface area contributed by atoms with Crippen molar-refractivity contribution in [1.82, 2.24) is 0 Å². The fourth-order valence-corrected chi connectivity index (χ4v) is 4.78. The van der Waals surface area contributed by atoms with Gasteiger partial charge in [-0.3, -0.25) is 9.59 Å². The molecule has 2 aromatic carbocycles. The molecular formula is C24H24N2O3S. The topological polar surface area (TPSA) is 58.6 Å². The van der Waals surface area contributed by atoms with Gasteiger partial charge in [0.15, 0.2) is 0 Å². The van der Waals surface area contributed by atoms with E-state index in [1.54, 1.807) is 29.4 Å². The molecule has 1 saturated heterocycles. The van der Waals surface area contributed by atoms with Gasteiger partial charge in [-0.25, -0.2) is 0 Å². The summed E-state index contributed by atoms with van der Waals surface area (Å²) in [5.41, 5.74) is 2.63. The van der Waals surface area contributed by atoms with Crippen molar-refractivity contribution in [3.05, 3.63) is 76.5 Å². The van der Waals surface area contributed by atoms with E-state index in [1.165, 1.54) is 0 Å². The lowest BCUT2D eigenvalue weighted by Gasteiger charge is -2.40. The van der Waals surface area contributed by atoms with Gasteiger partial charge in [0.1, 0.15) is 5.75 Å². The number of nitrogens with zero attached hydrogens (tertiary/aromatic N) is 1. The molecule has 1 fully saturated rings. The van der Waals surface area contributed by atoms with Crippen LogP contribution in [0.25, 0.3) is 0 Å². The Morgan fingerprint density at radius 2 is 1.93 bits per heavy atom. The van der Waals surface area contributed by atoms with Crippen molar-refractivity contribution < 1.29 is 14.3 Å². The van der Waals surface area contributed by atoms with Gasteiger partial charge >= 0.3 is 0 Å². The van der Waals surface area contributed by atoms with Crippen molar-refractivity contribution in [2.45, 2.75) is 25.8 Å². The van der Waals surface area contributed by atoms with Crippen LogP contribution in [0.4, 0.5) is 11.4 Å². The zero-order chi connectivity index (χ0) is 21.1. The minimum atomic E-state index is -0.353. The number of thiophene rings is 1. The van der Waals surface area contributed by atoms with Gasteiger partial charge < -0.3 is 15.0 Å². The number of rotatable bonds is 5. The summed E-state index contributed by atoms with van der Waals surface area (Å²) >= 11 is 1.57. The number of methoxy groups -OCH3 is 1. The lowest BCUT2D eigenvalue weighted by atomic mass is 9.86. The summed E-state index contributed by atoms with van der Waals surface area (Å²) in [7, 11) is 1.60. The highest BCUT2D eigenvalue weighted by Gasteiger charge is 2.42. The van der Waals surface area contributed by atoms with Gasteiger partial charge in [0.25, 0.3) is 0 Å². The Morgan fingerprint density at radius 1 is 1.13 bits per heavy atom. The Morgan fingerprint density at radius 3 is 2.63 bits per heavy atom. The Bertz CT molecular complexity index is 1030. The molecule has 0 radical (unpaired) electrons. The predicted molar refractivity (Wildman–Crippen MR) is 120 cm³/mol. The average Bonchev–Trinajstić information content (AvgIpc) is 3.29. The molecule has 3 aromatic rings. The van der Waals surface area contributed by atoms with Crippen molar-refractivity contribution in [3.8, 4) is 5.75 Å². The third-order valence-corrected chi connectivity index (χ3v) is 6.36. The van der Waals surface area contributed by atoms with E-state index in [0.29, 0.717) is 24.3 Å². The van der Waals surface area contributed by atoms with Gasteiger partial charge in [0, 0.05) is 28.7 Å². The average molecular weight is 421 g/mol. The van der Waals surface area contributed by atoms with E-state index in [2.05, 4.69) is 5.32 Å². The normalized spacial score (nSPS) is 18.9. The molecule has 2 atom stereocenters. The first-order valence-corrected chi connectivity index (χ1v) is 10.8. The first kappa shape index (κ1) is 20.2. The molecule has 154 valence electrons. The molecule has 30 heavy (non-hydrogen) atoms. The summed E-state index contributed by atoms with van der Waals surface area (Å²) < 4.78 is 5.26. The molecule has 1 aliphatic rings. The van der Waals surface area contributed by atoms with Crippen molar-refractivity contribution in [2.75, 3.05) is 17.3 Å². The molecule has 2 amide bonds. The van der Waals surface area contributed by atoms with Crippen molar-refractivity contribution in [1.29, 1.82) is 0 Å². The zero-order valence-corrected chi connectivity index (χ0v) is 17.8. The summed E-state index contributed by atoms with van der Waals surface area (Å²) in [6.45, 7) is 2.02. The van der Waals surface area contributed by atoms with Gasteiger partial charge in [-0.05, 0) is 49.1 Å². The number of benzene rings is 2. The third kappa shape index (κ3) is 4.09. The lowest BCUT2D eigenvalue weighted by Crippen LogP contribution is -2.46. The van der Waals surface area contributed by atoms with Crippen molar-refractivity contribution >= 4 is 34.5 Å². The number of carbonyl (C=O) groups excluding carboxylic acids is 2. The monoisotopic (exact) mass is 420 g/mol. The summed E-state index contributed by atoms with van der Waals surface area (Å²) in [4.78, 5) is 29.1. The highest BCUT2D eigenvalue weighted by Crippen LogP contribution is 2.42. The van der Waals surface area contributed by atoms with Crippen LogP contribution in [0.2, 0.25) is 0 Å². The maximum absolute atomic E-state index is 13.3. The summed E-state index contributed by atoms with van der Waals surface area (Å²) in [5.74, 6) is 0.283. The highest BCUT2D eigenvalue weighted by molar-refractivity contribution is 7.10. The molecule has 2 heterocycles. The van der Waals surface area contributed by atoms with Crippen LogP contribution in [0.3, 0.4) is 0 Å². The van der Waals surface area contributed by atoms with E-state index in [0.717, 1.165) is 16.1 Å².